The molecule has 0 amide bonds. The van der Waals surface area contributed by atoms with Crippen LogP contribution in [0.3, 0.4) is 0 Å². The molecule has 1 atom stereocenters. The van der Waals surface area contributed by atoms with Crippen LogP contribution in [-0.2, 0) is 0 Å². The number of para-hydroxylation sites is 1. The average Bonchev–Trinajstić information content (AvgIpc) is 2.47. The van der Waals surface area contributed by atoms with E-state index in [1.165, 1.54) is 5.56 Å². The number of nitrogens with zero attached hydrogens (tertiary/aromatic N) is 1. The maximum Gasteiger partial charge on any atom is 0.191 e. The van der Waals surface area contributed by atoms with Crippen LogP contribution in [0.25, 0.3) is 0 Å². The van der Waals surface area contributed by atoms with E-state index >= 15 is 0 Å². The first-order valence-corrected chi connectivity index (χ1v) is 6.62. The third-order valence-electron chi connectivity index (χ3n) is 3.24. The van der Waals surface area contributed by atoms with Crippen LogP contribution in [0.15, 0.2) is 41.9 Å². The number of fused-ring (bicyclic) bond motifs is 1. The molecule has 0 radical (unpaired) electrons. The zero-order valence-corrected chi connectivity index (χ0v) is 11.4. The van der Waals surface area contributed by atoms with Gasteiger partial charge in [0.1, 0.15) is 5.75 Å². The molecule has 1 unspecified atom stereocenters. The fraction of sp³-hybridized carbons (Fsp3) is 0.400. The number of rotatable bonds is 4. The lowest BCUT2D eigenvalue weighted by Crippen LogP contribution is -2.40. The predicted octanol–water partition coefficient (Wildman–Crippen LogP) is 1.90. The highest BCUT2D eigenvalue weighted by Crippen LogP contribution is 2.32. The van der Waals surface area contributed by atoms with Gasteiger partial charge in [-0.1, -0.05) is 24.3 Å². The van der Waals surface area contributed by atoms with Crippen LogP contribution < -0.4 is 15.4 Å². The third-order valence-corrected chi connectivity index (χ3v) is 3.24. The first-order valence-electron chi connectivity index (χ1n) is 6.62. The standard InChI is InChI=1S/C15H21N3O/c1-3-9-17-15(16-2)18-11-12-8-10-19-14-7-5-4-6-13(12)14/h3-7,12H,1,8-11H2,2H3,(H2,16,17,18). The van der Waals surface area contributed by atoms with Crippen molar-refractivity contribution in [2.45, 2.75) is 12.3 Å². The van der Waals surface area contributed by atoms with Crippen molar-refractivity contribution in [2.24, 2.45) is 4.99 Å². The Morgan fingerprint density at radius 2 is 2.32 bits per heavy atom. The van der Waals surface area contributed by atoms with Crippen molar-refractivity contribution in [3.63, 3.8) is 0 Å². The highest BCUT2D eigenvalue weighted by molar-refractivity contribution is 5.79. The summed E-state index contributed by atoms with van der Waals surface area (Å²) in [5.74, 6) is 2.28. The van der Waals surface area contributed by atoms with Gasteiger partial charge in [-0.15, -0.1) is 6.58 Å². The molecule has 1 aliphatic heterocycles. The summed E-state index contributed by atoms with van der Waals surface area (Å²) < 4.78 is 5.66. The van der Waals surface area contributed by atoms with E-state index in [0.29, 0.717) is 12.5 Å². The number of aliphatic imine (C=N–C) groups is 1. The molecule has 0 saturated heterocycles. The summed E-state index contributed by atoms with van der Waals surface area (Å²) in [5.41, 5.74) is 1.28. The Hall–Kier alpha value is -1.97. The van der Waals surface area contributed by atoms with Crippen molar-refractivity contribution < 1.29 is 4.74 Å². The van der Waals surface area contributed by atoms with Crippen LogP contribution in [0.4, 0.5) is 0 Å². The van der Waals surface area contributed by atoms with Crippen molar-refractivity contribution in [2.75, 3.05) is 26.7 Å². The number of ether oxygens (including phenoxy) is 1. The summed E-state index contributed by atoms with van der Waals surface area (Å²) in [6, 6.07) is 8.25. The fourth-order valence-corrected chi connectivity index (χ4v) is 2.24. The Kier molecular flexibility index (Phi) is 4.84. The van der Waals surface area contributed by atoms with Gasteiger partial charge < -0.3 is 15.4 Å². The second-order valence-electron chi connectivity index (χ2n) is 4.49. The Morgan fingerprint density at radius 3 is 3.11 bits per heavy atom. The largest absolute Gasteiger partial charge is 0.493 e. The molecule has 1 aromatic carbocycles. The minimum absolute atomic E-state index is 0.465. The summed E-state index contributed by atoms with van der Waals surface area (Å²) in [4.78, 5) is 4.18. The summed E-state index contributed by atoms with van der Waals surface area (Å²) in [5, 5.41) is 6.52. The molecule has 2 rings (SSSR count). The van der Waals surface area contributed by atoms with E-state index in [-0.39, 0.29) is 0 Å². The first-order chi connectivity index (χ1) is 9.35. The molecule has 0 bridgehead atoms. The molecule has 0 saturated carbocycles. The maximum absolute atomic E-state index is 5.66. The Morgan fingerprint density at radius 1 is 1.47 bits per heavy atom. The quantitative estimate of drug-likeness (QED) is 0.493. The molecule has 0 aromatic heterocycles. The summed E-state index contributed by atoms with van der Waals surface area (Å²) in [6.45, 7) is 6.04. The molecule has 102 valence electrons. The summed E-state index contributed by atoms with van der Waals surface area (Å²) >= 11 is 0. The van der Waals surface area contributed by atoms with Crippen molar-refractivity contribution >= 4 is 5.96 Å². The lowest BCUT2D eigenvalue weighted by molar-refractivity contribution is 0.267. The summed E-state index contributed by atoms with van der Waals surface area (Å²) in [7, 11) is 1.77. The SMILES string of the molecule is C=CCNC(=NC)NCC1CCOc2ccccc21. The van der Waals surface area contributed by atoms with E-state index in [4.69, 9.17) is 4.74 Å². The molecular weight excluding hydrogens is 238 g/mol. The molecule has 1 aromatic rings. The van der Waals surface area contributed by atoms with E-state index in [1.807, 2.05) is 18.2 Å². The highest BCUT2D eigenvalue weighted by Gasteiger charge is 2.20. The van der Waals surface area contributed by atoms with Crippen LogP contribution in [0, 0.1) is 0 Å². The van der Waals surface area contributed by atoms with Gasteiger partial charge in [0.2, 0.25) is 0 Å². The molecule has 4 nitrogen and oxygen atoms in total. The number of benzene rings is 1. The van der Waals surface area contributed by atoms with Gasteiger partial charge in [0.25, 0.3) is 0 Å². The molecule has 0 fully saturated rings. The second-order valence-corrected chi connectivity index (χ2v) is 4.49. The number of hydrogen-bond acceptors (Lipinski definition) is 2. The first kappa shape index (κ1) is 13.5. The van der Waals surface area contributed by atoms with Crippen LogP contribution >= 0.6 is 0 Å². The third kappa shape index (κ3) is 3.50. The maximum atomic E-state index is 5.66. The van der Waals surface area contributed by atoms with Crippen LogP contribution in [0.5, 0.6) is 5.75 Å². The molecular formula is C15H21N3O. The van der Waals surface area contributed by atoms with Crippen LogP contribution in [0.1, 0.15) is 17.9 Å². The molecule has 4 heteroatoms. The van der Waals surface area contributed by atoms with E-state index in [0.717, 1.165) is 31.3 Å². The normalized spacial score (nSPS) is 18.2. The van der Waals surface area contributed by atoms with Gasteiger partial charge in [0.05, 0.1) is 6.61 Å². The fourth-order valence-electron chi connectivity index (χ4n) is 2.24. The Balaban J connectivity index is 1.95. The lowest BCUT2D eigenvalue weighted by atomic mass is 9.93. The van der Waals surface area contributed by atoms with Gasteiger partial charge in [-0.25, -0.2) is 0 Å². The smallest absolute Gasteiger partial charge is 0.191 e. The minimum atomic E-state index is 0.465. The molecule has 2 N–H and O–H groups in total. The van der Waals surface area contributed by atoms with Gasteiger partial charge in [-0.2, -0.15) is 0 Å². The number of nitrogens with one attached hydrogen (secondary N) is 2. The van der Waals surface area contributed by atoms with Crippen LogP contribution in [-0.4, -0.2) is 32.7 Å². The van der Waals surface area contributed by atoms with Crippen molar-refractivity contribution in [3.05, 3.63) is 42.5 Å². The second kappa shape index (κ2) is 6.83. The minimum Gasteiger partial charge on any atom is -0.493 e. The Bertz CT molecular complexity index is 456. The average molecular weight is 259 g/mol. The van der Waals surface area contributed by atoms with Gasteiger partial charge in [0, 0.05) is 26.1 Å². The van der Waals surface area contributed by atoms with Gasteiger partial charge in [-0.3, -0.25) is 4.99 Å². The zero-order chi connectivity index (χ0) is 13.5. The number of guanidine groups is 1. The molecule has 1 aliphatic rings. The summed E-state index contributed by atoms with van der Waals surface area (Å²) in [6.07, 6.45) is 2.85. The topological polar surface area (TPSA) is 45.7 Å². The van der Waals surface area contributed by atoms with E-state index < -0.39 is 0 Å². The predicted molar refractivity (Wildman–Crippen MR) is 78.9 cm³/mol. The van der Waals surface area contributed by atoms with Crippen molar-refractivity contribution in [3.8, 4) is 5.75 Å². The van der Waals surface area contributed by atoms with E-state index in [2.05, 4.69) is 34.3 Å². The molecule has 1 heterocycles. The lowest BCUT2D eigenvalue weighted by Gasteiger charge is -2.26. The van der Waals surface area contributed by atoms with Crippen LogP contribution in [0.2, 0.25) is 0 Å². The van der Waals surface area contributed by atoms with Gasteiger partial charge in [-0.05, 0) is 18.1 Å². The number of hydrogen-bond donors (Lipinski definition) is 2. The monoisotopic (exact) mass is 259 g/mol. The Labute approximate surface area is 114 Å². The molecule has 0 aliphatic carbocycles. The van der Waals surface area contributed by atoms with E-state index in [9.17, 15) is 0 Å². The van der Waals surface area contributed by atoms with Crippen molar-refractivity contribution in [1.82, 2.24) is 10.6 Å². The molecule has 19 heavy (non-hydrogen) atoms. The van der Waals surface area contributed by atoms with Gasteiger partial charge >= 0.3 is 0 Å². The highest BCUT2D eigenvalue weighted by atomic mass is 16.5. The van der Waals surface area contributed by atoms with Crippen molar-refractivity contribution in [1.29, 1.82) is 0 Å². The zero-order valence-electron chi connectivity index (χ0n) is 11.4. The van der Waals surface area contributed by atoms with Gasteiger partial charge in [0.15, 0.2) is 5.96 Å². The van der Waals surface area contributed by atoms with E-state index in [1.54, 1.807) is 7.05 Å². The molecule has 0 spiro atoms.